The fraction of sp³-hybridized carbons (Fsp3) is 0.296. The highest BCUT2D eigenvalue weighted by Gasteiger charge is 2.36. The Hall–Kier alpha value is -4.05. The van der Waals surface area contributed by atoms with Crippen molar-refractivity contribution in [3.63, 3.8) is 0 Å². The maximum atomic E-state index is 13.4. The second-order valence-corrected chi connectivity index (χ2v) is 10.2. The Kier molecular flexibility index (Phi) is 6.51. The lowest BCUT2D eigenvalue weighted by Crippen LogP contribution is -2.29. The molecular weight excluding hydrogens is 488 g/mol. The number of carbonyl (C=O) groups excluding carboxylic acids is 2. The van der Waals surface area contributed by atoms with E-state index in [9.17, 15) is 14.4 Å². The van der Waals surface area contributed by atoms with Gasteiger partial charge in [0.25, 0.3) is 5.56 Å². The predicted octanol–water partition coefficient (Wildman–Crippen LogP) is 4.16. The van der Waals surface area contributed by atoms with Crippen LogP contribution in [0.15, 0.2) is 46.6 Å². The van der Waals surface area contributed by atoms with Crippen LogP contribution in [0.25, 0.3) is 16.5 Å². The van der Waals surface area contributed by atoms with Gasteiger partial charge >= 0.3 is 0 Å². The summed E-state index contributed by atoms with van der Waals surface area (Å²) in [5.41, 5.74) is 4.66. The van der Waals surface area contributed by atoms with Gasteiger partial charge in [0.2, 0.25) is 17.8 Å². The number of aryl methyl sites for hydroxylation is 3. The third-order valence-corrected chi connectivity index (χ3v) is 7.69. The Morgan fingerprint density at radius 2 is 1.97 bits per heavy atom. The number of hydrogen-bond donors (Lipinski definition) is 2. The first-order valence-electron chi connectivity index (χ1n) is 12.2. The number of amides is 2. The number of H-pyrrole nitrogens is 1. The maximum Gasteiger partial charge on any atom is 0.255 e. The third kappa shape index (κ3) is 4.72. The molecule has 2 amide bonds. The summed E-state index contributed by atoms with van der Waals surface area (Å²) < 4.78 is 1.44. The average Bonchev–Trinajstić information content (AvgIpc) is 3.61. The summed E-state index contributed by atoms with van der Waals surface area (Å²) in [6, 6.07) is 11.5. The molecule has 1 aliphatic heterocycles. The molecule has 1 fully saturated rings. The Bertz CT molecular complexity index is 1550. The highest BCUT2D eigenvalue weighted by molar-refractivity contribution is 7.13. The van der Waals surface area contributed by atoms with Crippen molar-refractivity contribution in [1.29, 1.82) is 0 Å². The second kappa shape index (κ2) is 9.78. The molecule has 3 aromatic heterocycles. The van der Waals surface area contributed by atoms with Crippen LogP contribution in [-0.4, -0.2) is 38.1 Å². The van der Waals surface area contributed by atoms with Gasteiger partial charge in [-0.3, -0.25) is 19.4 Å². The molecule has 9 nitrogen and oxygen atoms in total. The lowest BCUT2D eigenvalue weighted by Gasteiger charge is -2.18. The van der Waals surface area contributed by atoms with Gasteiger partial charge in [-0.2, -0.15) is 9.78 Å². The quantitative estimate of drug-likeness (QED) is 0.400. The molecule has 37 heavy (non-hydrogen) atoms. The molecular formula is C27H28N6O3S. The Morgan fingerprint density at radius 1 is 1.16 bits per heavy atom. The highest BCUT2D eigenvalue weighted by atomic mass is 32.1. The molecule has 0 spiro atoms. The molecule has 190 valence electrons. The van der Waals surface area contributed by atoms with Crippen molar-refractivity contribution in [2.24, 2.45) is 5.92 Å². The van der Waals surface area contributed by atoms with Gasteiger partial charge in [0.1, 0.15) is 11.5 Å². The summed E-state index contributed by atoms with van der Waals surface area (Å²) >= 11 is 1.52. The zero-order chi connectivity index (χ0) is 26.3. The molecule has 0 saturated carbocycles. The number of thiophene rings is 1. The van der Waals surface area contributed by atoms with Gasteiger partial charge < -0.3 is 10.2 Å². The van der Waals surface area contributed by atoms with Gasteiger partial charge in [-0.15, -0.1) is 11.3 Å². The monoisotopic (exact) mass is 516 g/mol. The summed E-state index contributed by atoms with van der Waals surface area (Å²) in [6.07, 6.45) is 0.675. The van der Waals surface area contributed by atoms with Crippen LogP contribution in [0, 0.1) is 26.7 Å². The Labute approximate surface area is 218 Å². The van der Waals surface area contributed by atoms with E-state index in [4.69, 9.17) is 0 Å². The molecule has 0 bridgehead atoms. The fourth-order valence-corrected chi connectivity index (χ4v) is 5.22. The van der Waals surface area contributed by atoms with Crippen LogP contribution in [0.1, 0.15) is 35.7 Å². The molecule has 0 aliphatic carbocycles. The standard InChI is InChI=1S/C27H28N6O3S/c1-5-20-17(4)28-27(30-26(20)36)33-23(13-21(31-33)22-7-6-10-37-22)29-25(35)18-12-24(34)32(14-18)19-9-8-15(2)16(3)11-19/h6-11,13,18H,5,12,14H2,1-4H3,(H,29,35)(H,28,30,36). The van der Waals surface area contributed by atoms with Crippen LogP contribution in [0.4, 0.5) is 11.5 Å². The van der Waals surface area contributed by atoms with Gasteiger partial charge in [-0.25, -0.2) is 4.98 Å². The largest absolute Gasteiger partial charge is 0.312 e. The van der Waals surface area contributed by atoms with E-state index in [-0.39, 0.29) is 29.7 Å². The molecule has 5 rings (SSSR count). The van der Waals surface area contributed by atoms with Crippen LogP contribution in [0.2, 0.25) is 0 Å². The van der Waals surface area contributed by atoms with Crippen molar-refractivity contribution in [3.05, 3.63) is 74.5 Å². The third-order valence-electron chi connectivity index (χ3n) is 6.80. The normalized spacial score (nSPS) is 15.4. The minimum absolute atomic E-state index is 0.0899. The second-order valence-electron chi connectivity index (χ2n) is 9.27. The summed E-state index contributed by atoms with van der Waals surface area (Å²) in [5.74, 6) is -0.316. The van der Waals surface area contributed by atoms with E-state index in [0.29, 0.717) is 35.7 Å². The minimum atomic E-state index is -0.529. The number of rotatable bonds is 6. The number of nitrogens with one attached hydrogen (secondary N) is 2. The number of aromatic amines is 1. The van der Waals surface area contributed by atoms with E-state index >= 15 is 0 Å². The van der Waals surface area contributed by atoms with E-state index in [0.717, 1.165) is 21.7 Å². The smallest absolute Gasteiger partial charge is 0.255 e. The summed E-state index contributed by atoms with van der Waals surface area (Å²) in [5, 5.41) is 9.52. The predicted molar refractivity (Wildman–Crippen MR) is 144 cm³/mol. The minimum Gasteiger partial charge on any atom is -0.312 e. The van der Waals surface area contributed by atoms with Crippen molar-refractivity contribution >= 4 is 34.7 Å². The zero-order valence-corrected chi connectivity index (χ0v) is 22.0. The van der Waals surface area contributed by atoms with E-state index in [1.54, 1.807) is 17.9 Å². The van der Waals surface area contributed by atoms with Crippen LogP contribution in [0.3, 0.4) is 0 Å². The van der Waals surface area contributed by atoms with E-state index in [1.807, 2.05) is 56.5 Å². The molecule has 1 aliphatic rings. The first-order chi connectivity index (χ1) is 17.7. The van der Waals surface area contributed by atoms with Crippen molar-refractivity contribution in [1.82, 2.24) is 19.7 Å². The van der Waals surface area contributed by atoms with Gasteiger partial charge in [0.15, 0.2) is 0 Å². The zero-order valence-electron chi connectivity index (χ0n) is 21.2. The number of carbonyl (C=O) groups is 2. The van der Waals surface area contributed by atoms with E-state index in [2.05, 4.69) is 20.4 Å². The lowest BCUT2D eigenvalue weighted by molar-refractivity contribution is -0.122. The molecule has 1 atom stereocenters. The molecule has 4 aromatic rings. The molecule has 1 aromatic carbocycles. The number of hydrogen-bond acceptors (Lipinski definition) is 6. The van der Waals surface area contributed by atoms with Crippen LogP contribution in [-0.2, 0) is 16.0 Å². The summed E-state index contributed by atoms with van der Waals surface area (Å²) in [4.78, 5) is 48.7. The first-order valence-corrected chi connectivity index (χ1v) is 13.1. The molecule has 4 heterocycles. The number of benzene rings is 1. The van der Waals surface area contributed by atoms with Crippen LogP contribution >= 0.6 is 11.3 Å². The van der Waals surface area contributed by atoms with Gasteiger partial charge in [0.05, 0.1) is 10.8 Å². The van der Waals surface area contributed by atoms with Crippen molar-refractivity contribution in [2.75, 3.05) is 16.8 Å². The van der Waals surface area contributed by atoms with E-state index in [1.165, 1.54) is 16.0 Å². The SMILES string of the molecule is CCc1c(C)nc(-n2nc(-c3cccs3)cc2NC(=O)C2CC(=O)N(c3ccc(C)c(C)c3)C2)[nH]c1=O. The maximum absolute atomic E-state index is 13.4. The Morgan fingerprint density at radius 3 is 2.65 bits per heavy atom. The summed E-state index contributed by atoms with van der Waals surface area (Å²) in [7, 11) is 0. The number of aromatic nitrogens is 4. The molecule has 1 saturated heterocycles. The van der Waals surface area contributed by atoms with Crippen LogP contribution < -0.4 is 15.8 Å². The van der Waals surface area contributed by atoms with Gasteiger partial charge in [-0.05, 0) is 61.9 Å². The van der Waals surface area contributed by atoms with Crippen molar-refractivity contribution in [3.8, 4) is 16.5 Å². The molecule has 2 N–H and O–H groups in total. The topological polar surface area (TPSA) is 113 Å². The highest BCUT2D eigenvalue weighted by Crippen LogP contribution is 2.30. The van der Waals surface area contributed by atoms with Crippen LogP contribution in [0.5, 0.6) is 0 Å². The molecule has 10 heteroatoms. The number of anilines is 2. The number of nitrogens with zero attached hydrogens (tertiary/aromatic N) is 4. The van der Waals surface area contributed by atoms with Crippen molar-refractivity contribution < 1.29 is 9.59 Å². The Balaban J connectivity index is 1.45. The fourth-order valence-electron chi connectivity index (χ4n) is 4.54. The van der Waals surface area contributed by atoms with Gasteiger partial charge in [0, 0.05) is 36.0 Å². The lowest BCUT2D eigenvalue weighted by atomic mass is 10.1. The van der Waals surface area contributed by atoms with E-state index < -0.39 is 5.92 Å². The molecule has 0 radical (unpaired) electrons. The average molecular weight is 517 g/mol. The molecule has 1 unspecified atom stereocenters. The van der Waals surface area contributed by atoms with Gasteiger partial charge in [-0.1, -0.05) is 19.1 Å². The summed E-state index contributed by atoms with van der Waals surface area (Å²) in [6.45, 7) is 8.00. The first kappa shape index (κ1) is 24.6. The van der Waals surface area contributed by atoms with Crippen molar-refractivity contribution in [2.45, 2.75) is 40.5 Å².